The molecule has 0 fully saturated rings. The third-order valence-corrected chi connectivity index (χ3v) is 2.36. The van der Waals surface area contributed by atoms with Crippen LogP contribution in [-0.2, 0) is 14.3 Å². The summed E-state index contributed by atoms with van der Waals surface area (Å²) in [6, 6.07) is 1.62. The van der Waals surface area contributed by atoms with Crippen molar-refractivity contribution < 1.29 is 27.5 Å². The summed E-state index contributed by atoms with van der Waals surface area (Å²) in [6.07, 6.45) is 1.71. The van der Waals surface area contributed by atoms with Gasteiger partial charge in [-0.15, -0.1) is 0 Å². The zero-order valence-electron chi connectivity index (χ0n) is 10.8. The Kier molecular flexibility index (Phi) is 5.31. The number of halogens is 3. The summed E-state index contributed by atoms with van der Waals surface area (Å²) in [5.74, 6) is -6.03. The highest BCUT2D eigenvalue weighted by Crippen LogP contribution is 2.22. The number of hydrogen-bond acceptors (Lipinski definition) is 3. The van der Waals surface area contributed by atoms with E-state index in [1.807, 2.05) is 0 Å². The quantitative estimate of drug-likeness (QED) is 0.484. The molecule has 0 aromatic heterocycles. The highest BCUT2D eigenvalue weighted by Gasteiger charge is 2.19. The van der Waals surface area contributed by atoms with Crippen LogP contribution >= 0.6 is 0 Å². The van der Waals surface area contributed by atoms with E-state index in [1.54, 1.807) is 6.92 Å². The van der Waals surface area contributed by atoms with E-state index in [0.29, 0.717) is 6.07 Å². The van der Waals surface area contributed by atoms with Crippen LogP contribution in [-0.4, -0.2) is 25.5 Å². The number of benzene rings is 1. The second-order valence-electron chi connectivity index (χ2n) is 3.68. The number of ether oxygens (including phenoxy) is 1. The molecule has 0 radical (unpaired) electrons. The largest absolute Gasteiger partial charge is 0.463 e. The fourth-order valence-corrected chi connectivity index (χ4v) is 1.33. The maximum absolute atomic E-state index is 13.5. The zero-order valence-corrected chi connectivity index (χ0v) is 10.8. The molecule has 0 heterocycles. The number of carbonyl (C=O) groups excluding carboxylic acids is 2. The van der Waals surface area contributed by atoms with E-state index in [4.69, 9.17) is 0 Å². The SMILES string of the molecule is CCOC(=O)/C=C/C(=O)N(C)c1ccc(F)c(F)c1F. The van der Waals surface area contributed by atoms with E-state index in [2.05, 4.69) is 4.74 Å². The van der Waals surface area contributed by atoms with Crippen LogP contribution in [0, 0.1) is 17.5 Å². The molecule has 108 valence electrons. The third-order valence-electron chi connectivity index (χ3n) is 2.36. The van der Waals surface area contributed by atoms with Gasteiger partial charge in [-0.25, -0.2) is 18.0 Å². The average molecular weight is 287 g/mol. The van der Waals surface area contributed by atoms with Crippen LogP contribution in [0.4, 0.5) is 18.9 Å². The number of likely N-dealkylation sites (N-methyl/N-ethyl adjacent to an activating group) is 1. The highest BCUT2D eigenvalue weighted by atomic mass is 19.2. The summed E-state index contributed by atoms with van der Waals surface area (Å²) >= 11 is 0. The van der Waals surface area contributed by atoms with Crippen molar-refractivity contribution in [2.24, 2.45) is 0 Å². The Hall–Kier alpha value is -2.31. The van der Waals surface area contributed by atoms with Crippen molar-refractivity contribution in [2.45, 2.75) is 6.92 Å². The van der Waals surface area contributed by atoms with Gasteiger partial charge in [0.1, 0.15) is 0 Å². The summed E-state index contributed by atoms with van der Waals surface area (Å²) in [5, 5.41) is 0. The van der Waals surface area contributed by atoms with Crippen molar-refractivity contribution in [1.82, 2.24) is 0 Å². The van der Waals surface area contributed by atoms with Gasteiger partial charge in [-0.3, -0.25) is 4.79 Å². The Morgan fingerprint density at radius 2 is 1.85 bits per heavy atom. The van der Waals surface area contributed by atoms with Gasteiger partial charge in [0.15, 0.2) is 17.5 Å². The van der Waals surface area contributed by atoms with Crippen LogP contribution in [0.5, 0.6) is 0 Å². The molecule has 0 saturated carbocycles. The first kappa shape index (κ1) is 15.7. The van der Waals surface area contributed by atoms with Crippen LogP contribution in [0.15, 0.2) is 24.3 Å². The molecule has 0 atom stereocenters. The Bertz CT molecular complexity index is 558. The van der Waals surface area contributed by atoms with E-state index >= 15 is 0 Å². The second kappa shape index (κ2) is 6.74. The molecular weight excluding hydrogens is 275 g/mol. The van der Waals surface area contributed by atoms with Gasteiger partial charge in [0, 0.05) is 19.2 Å². The van der Waals surface area contributed by atoms with Crippen LogP contribution in [0.3, 0.4) is 0 Å². The molecular formula is C13H12F3NO3. The molecule has 4 nitrogen and oxygen atoms in total. The third kappa shape index (κ3) is 3.59. The molecule has 0 unspecified atom stereocenters. The summed E-state index contributed by atoms with van der Waals surface area (Å²) in [7, 11) is 1.16. The van der Waals surface area contributed by atoms with Crippen molar-refractivity contribution >= 4 is 17.6 Å². The molecule has 0 aliphatic heterocycles. The van der Waals surface area contributed by atoms with Crippen LogP contribution in [0.1, 0.15) is 6.92 Å². The minimum absolute atomic E-state index is 0.144. The zero-order chi connectivity index (χ0) is 15.3. The van der Waals surface area contributed by atoms with E-state index in [-0.39, 0.29) is 6.61 Å². The number of rotatable bonds is 4. The predicted molar refractivity (Wildman–Crippen MR) is 65.5 cm³/mol. The lowest BCUT2D eigenvalue weighted by Crippen LogP contribution is -2.25. The van der Waals surface area contributed by atoms with E-state index in [1.165, 1.54) is 0 Å². The molecule has 0 aliphatic carbocycles. The molecule has 1 rings (SSSR count). The first-order chi connectivity index (χ1) is 9.38. The monoisotopic (exact) mass is 287 g/mol. The normalized spacial score (nSPS) is 10.7. The first-order valence-electron chi connectivity index (χ1n) is 5.64. The second-order valence-corrected chi connectivity index (χ2v) is 3.68. The number of esters is 1. The van der Waals surface area contributed by atoms with Gasteiger partial charge in [-0.05, 0) is 19.1 Å². The van der Waals surface area contributed by atoms with E-state index in [0.717, 1.165) is 30.2 Å². The minimum Gasteiger partial charge on any atom is -0.463 e. The minimum atomic E-state index is -1.67. The van der Waals surface area contributed by atoms with Crippen molar-refractivity contribution in [3.8, 4) is 0 Å². The molecule has 0 spiro atoms. The molecule has 0 N–H and O–H groups in total. The molecule has 1 amide bonds. The van der Waals surface area contributed by atoms with Crippen molar-refractivity contribution in [2.75, 3.05) is 18.6 Å². The summed E-state index contributed by atoms with van der Waals surface area (Å²) in [6.45, 7) is 1.74. The number of nitrogens with zero attached hydrogens (tertiary/aromatic N) is 1. The number of carbonyl (C=O) groups is 2. The summed E-state index contributed by atoms with van der Waals surface area (Å²) < 4.78 is 43.8. The van der Waals surface area contributed by atoms with Crippen molar-refractivity contribution in [3.05, 3.63) is 41.7 Å². The van der Waals surface area contributed by atoms with E-state index in [9.17, 15) is 22.8 Å². The van der Waals surface area contributed by atoms with Crippen LogP contribution < -0.4 is 4.90 Å². The lowest BCUT2D eigenvalue weighted by Gasteiger charge is -2.16. The maximum Gasteiger partial charge on any atom is 0.330 e. The fourth-order valence-electron chi connectivity index (χ4n) is 1.33. The molecule has 0 aliphatic rings. The highest BCUT2D eigenvalue weighted by molar-refractivity contribution is 6.03. The molecule has 1 aromatic carbocycles. The Balaban J connectivity index is 2.90. The number of amides is 1. The Morgan fingerprint density at radius 1 is 1.20 bits per heavy atom. The van der Waals surface area contributed by atoms with E-state index < -0.39 is 35.0 Å². The van der Waals surface area contributed by atoms with Gasteiger partial charge in [0.2, 0.25) is 0 Å². The maximum atomic E-state index is 13.5. The smallest absolute Gasteiger partial charge is 0.330 e. The van der Waals surface area contributed by atoms with Crippen LogP contribution in [0.25, 0.3) is 0 Å². The standard InChI is InChI=1S/C13H12F3NO3/c1-3-20-11(19)7-6-10(18)17(2)9-5-4-8(14)12(15)13(9)16/h4-7H,3H2,1-2H3/b7-6+. The van der Waals surface area contributed by atoms with Gasteiger partial charge in [-0.1, -0.05) is 0 Å². The topological polar surface area (TPSA) is 46.6 Å². The summed E-state index contributed by atoms with van der Waals surface area (Å²) in [5.41, 5.74) is -0.442. The molecule has 20 heavy (non-hydrogen) atoms. The average Bonchev–Trinajstić information content (AvgIpc) is 2.42. The van der Waals surface area contributed by atoms with Crippen LogP contribution in [0.2, 0.25) is 0 Å². The lowest BCUT2D eigenvalue weighted by molar-refractivity contribution is -0.137. The molecule has 1 aromatic rings. The number of anilines is 1. The predicted octanol–water partition coefficient (Wildman–Crippen LogP) is 2.19. The molecule has 0 saturated heterocycles. The first-order valence-corrected chi connectivity index (χ1v) is 5.64. The molecule has 0 bridgehead atoms. The van der Waals surface area contributed by atoms with Gasteiger partial charge >= 0.3 is 5.97 Å². The number of hydrogen-bond donors (Lipinski definition) is 0. The lowest BCUT2D eigenvalue weighted by atomic mass is 10.2. The summed E-state index contributed by atoms with van der Waals surface area (Å²) in [4.78, 5) is 23.4. The van der Waals surface area contributed by atoms with Gasteiger partial charge < -0.3 is 9.64 Å². The Labute approximate surface area is 113 Å². The van der Waals surface area contributed by atoms with Crippen molar-refractivity contribution in [1.29, 1.82) is 0 Å². The van der Waals surface area contributed by atoms with Gasteiger partial charge in [-0.2, -0.15) is 0 Å². The van der Waals surface area contributed by atoms with Crippen molar-refractivity contribution in [3.63, 3.8) is 0 Å². The Morgan fingerprint density at radius 3 is 2.45 bits per heavy atom. The van der Waals surface area contributed by atoms with Gasteiger partial charge in [0.25, 0.3) is 5.91 Å². The fraction of sp³-hybridized carbons (Fsp3) is 0.231. The van der Waals surface area contributed by atoms with Gasteiger partial charge in [0.05, 0.1) is 12.3 Å². The molecule has 7 heteroatoms.